The molecule has 0 atom stereocenters. The third kappa shape index (κ3) is 4.13. The number of ether oxygens (including phenoxy) is 2. The number of para-hydroxylation sites is 1. The number of hydrogen-bond donors (Lipinski definition) is 0. The topological polar surface area (TPSA) is 66.5 Å². The highest BCUT2D eigenvalue weighted by molar-refractivity contribution is 7.98. The van der Waals surface area contributed by atoms with Crippen LogP contribution >= 0.6 is 11.8 Å². The van der Waals surface area contributed by atoms with Crippen molar-refractivity contribution >= 4 is 33.8 Å². The number of furan rings is 1. The van der Waals surface area contributed by atoms with E-state index in [0.29, 0.717) is 40.1 Å². The molecular weight excluding hydrogens is 472 g/mol. The monoisotopic (exact) mass is 498 g/mol. The lowest BCUT2D eigenvalue weighted by Crippen LogP contribution is -2.23. The average Bonchev–Trinajstić information content (AvgIpc) is 3.49. The van der Waals surface area contributed by atoms with Crippen LogP contribution in [-0.4, -0.2) is 16.3 Å². The summed E-state index contributed by atoms with van der Waals surface area (Å²) in [6, 6.07) is 22.0. The van der Waals surface area contributed by atoms with Crippen LogP contribution in [0.25, 0.3) is 22.1 Å². The first-order chi connectivity index (χ1) is 17.4. The Morgan fingerprint density at radius 1 is 0.944 bits per heavy atom. The lowest BCUT2D eigenvalue weighted by Gasteiger charge is -2.19. The van der Waals surface area contributed by atoms with Crippen molar-refractivity contribution in [2.45, 2.75) is 43.6 Å². The standard InChI is InChI=1S/C29H26N2O4S/c1-29(2,3)20-11-8-18(9-12-20)16-36-28-30-25-21-6-4-5-7-22(21)35-26(25)27(32)31(28)15-19-10-13-23-24(14-19)34-17-33-23/h4-14H,15-17H2,1-3H3. The van der Waals surface area contributed by atoms with E-state index in [-0.39, 0.29) is 23.4 Å². The molecule has 3 aromatic carbocycles. The molecular formula is C29H26N2O4S. The summed E-state index contributed by atoms with van der Waals surface area (Å²) in [5.74, 6) is 2.09. The van der Waals surface area contributed by atoms with Crippen molar-refractivity contribution in [3.63, 3.8) is 0 Å². The fraction of sp³-hybridized carbons (Fsp3) is 0.241. The predicted octanol–water partition coefficient (Wildman–Crippen LogP) is 6.51. The minimum Gasteiger partial charge on any atom is -0.454 e. The maximum atomic E-state index is 13.7. The van der Waals surface area contributed by atoms with Gasteiger partial charge in [0, 0.05) is 11.1 Å². The van der Waals surface area contributed by atoms with E-state index in [2.05, 4.69) is 45.0 Å². The maximum absolute atomic E-state index is 13.7. The number of thioether (sulfide) groups is 1. The molecule has 7 heteroatoms. The van der Waals surface area contributed by atoms with Crippen molar-refractivity contribution in [1.82, 2.24) is 9.55 Å². The molecule has 0 N–H and O–H groups in total. The highest BCUT2D eigenvalue weighted by atomic mass is 32.2. The Balaban J connectivity index is 1.40. The number of hydrogen-bond acceptors (Lipinski definition) is 6. The van der Waals surface area contributed by atoms with Crippen LogP contribution in [0.2, 0.25) is 0 Å². The van der Waals surface area contributed by atoms with E-state index in [1.807, 2.05) is 42.5 Å². The van der Waals surface area contributed by atoms with Gasteiger partial charge in [0.25, 0.3) is 5.56 Å². The van der Waals surface area contributed by atoms with Crippen LogP contribution in [0.1, 0.15) is 37.5 Å². The summed E-state index contributed by atoms with van der Waals surface area (Å²) in [5, 5.41) is 1.49. The summed E-state index contributed by atoms with van der Waals surface area (Å²) in [4.78, 5) is 18.6. The summed E-state index contributed by atoms with van der Waals surface area (Å²) in [6.07, 6.45) is 0. The van der Waals surface area contributed by atoms with Gasteiger partial charge in [-0.1, -0.05) is 75.0 Å². The molecule has 0 saturated heterocycles. The second-order valence-electron chi connectivity index (χ2n) is 9.98. The molecule has 0 fully saturated rings. The third-order valence-corrected chi connectivity index (χ3v) is 7.46. The summed E-state index contributed by atoms with van der Waals surface area (Å²) in [6.45, 7) is 7.18. The van der Waals surface area contributed by atoms with Crippen molar-refractivity contribution in [3.8, 4) is 11.5 Å². The molecule has 3 heterocycles. The van der Waals surface area contributed by atoms with Gasteiger partial charge in [-0.05, 0) is 46.4 Å². The summed E-state index contributed by atoms with van der Waals surface area (Å²) < 4.78 is 18.6. The molecule has 1 aliphatic rings. The summed E-state index contributed by atoms with van der Waals surface area (Å²) in [7, 11) is 0. The minimum atomic E-state index is -0.195. The number of rotatable bonds is 5. The summed E-state index contributed by atoms with van der Waals surface area (Å²) >= 11 is 1.55. The van der Waals surface area contributed by atoms with Crippen molar-refractivity contribution < 1.29 is 13.9 Å². The quantitative estimate of drug-likeness (QED) is 0.203. The van der Waals surface area contributed by atoms with Crippen molar-refractivity contribution in [1.29, 1.82) is 0 Å². The van der Waals surface area contributed by atoms with Crippen LogP contribution in [0.15, 0.2) is 81.1 Å². The predicted molar refractivity (Wildman–Crippen MR) is 142 cm³/mol. The van der Waals surface area contributed by atoms with Crippen LogP contribution in [0, 0.1) is 0 Å². The van der Waals surface area contributed by atoms with Crippen molar-refractivity contribution in [2.24, 2.45) is 0 Å². The maximum Gasteiger partial charge on any atom is 0.298 e. The van der Waals surface area contributed by atoms with Gasteiger partial charge in [0.15, 0.2) is 16.7 Å². The first kappa shape index (κ1) is 22.7. The fourth-order valence-electron chi connectivity index (χ4n) is 4.37. The number of fused-ring (bicyclic) bond motifs is 4. The molecule has 0 amide bonds. The largest absolute Gasteiger partial charge is 0.454 e. The second kappa shape index (κ2) is 8.75. The van der Waals surface area contributed by atoms with Crippen LogP contribution in [-0.2, 0) is 17.7 Å². The summed E-state index contributed by atoms with van der Waals surface area (Å²) in [5.41, 5.74) is 4.83. The van der Waals surface area contributed by atoms with Gasteiger partial charge in [-0.2, -0.15) is 0 Å². The number of benzene rings is 3. The fourth-order valence-corrected chi connectivity index (χ4v) is 5.32. The third-order valence-electron chi connectivity index (χ3n) is 6.41. The minimum absolute atomic E-state index is 0.103. The van der Waals surface area contributed by atoms with Gasteiger partial charge in [0.1, 0.15) is 11.1 Å². The van der Waals surface area contributed by atoms with E-state index in [0.717, 1.165) is 10.9 Å². The highest BCUT2D eigenvalue weighted by Gasteiger charge is 2.20. The smallest absolute Gasteiger partial charge is 0.298 e. The Kier molecular flexibility index (Phi) is 5.52. The SMILES string of the molecule is CC(C)(C)c1ccc(CSc2nc3c(oc4ccccc43)c(=O)n2Cc2ccc3c(c2)OCO3)cc1. The normalized spacial score (nSPS) is 13.1. The molecule has 0 spiro atoms. The van der Waals surface area contributed by atoms with Crippen molar-refractivity contribution in [3.05, 3.63) is 93.8 Å². The number of nitrogens with zero attached hydrogens (tertiary/aromatic N) is 2. The van der Waals surface area contributed by atoms with E-state index in [9.17, 15) is 4.79 Å². The Bertz CT molecular complexity index is 1650. The number of aromatic nitrogens is 2. The molecule has 1 aliphatic heterocycles. The first-order valence-corrected chi connectivity index (χ1v) is 12.9. The molecule has 0 saturated carbocycles. The zero-order chi connectivity index (χ0) is 24.9. The zero-order valence-electron chi connectivity index (χ0n) is 20.4. The Labute approximate surface area is 212 Å². The molecule has 0 unspecified atom stereocenters. The van der Waals surface area contributed by atoms with Crippen LogP contribution in [0.4, 0.5) is 0 Å². The van der Waals surface area contributed by atoms with Crippen LogP contribution < -0.4 is 15.0 Å². The zero-order valence-corrected chi connectivity index (χ0v) is 21.2. The molecule has 0 bridgehead atoms. The molecule has 5 aromatic rings. The lowest BCUT2D eigenvalue weighted by atomic mass is 9.87. The van der Waals surface area contributed by atoms with Gasteiger partial charge >= 0.3 is 0 Å². The highest BCUT2D eigenvalue weighted by Crippen LogP contribution is 2.34. The van der Waals surface area contributed by atoms with Crippen molar-refractivity contribution in [2.75, 3.05) is 6.79 Å². The lowest BCUT2D eigenvalue weighted by molar-refractivity contribution is 0.174. The van der Waals surface area contributed by atoms with E-state index in [4.69, 9.17) is 18.9 Å². The molecule has 182 valence electrons. The van der Waals surface area contributed by atoms with Gasteiger partial charge in [-0.25, -0.2) is 4.98 Å². The van der Waals surface area contributed by atoms with Gasteiger partial charge in [-0.15, -0.1) is 0 Å². The Morgan fingerprint density at radius 2 is 1.69 bits per heavy atom. The van der Waals surface area contributed by atoms with Gasteiger partial charge < -0.3 is 13.9 Å². The van der Waals surface area contributed by atoms with Gasteiger partial charge in [0.05, 0.1) is 6.54 Å². The van der Waals surface area contributed by atoms with Crippen LogP contribution in [0.5, 0.6) is 11.5 Å². The van der Waals surface area contributed by atoms with E-state index in [1.165, 1.54) is 11.1 Å². The first-order valence-electron chi connectivity index (χ1n) is 11.9. The van der Waals surface area contributed by atoms with Gasteiger partial charge in [0.2, 0.25) is 12.4 Å². The van der Waals surface area contributed by atoms with E-state index < -0.39 is 0 Å². The second-order valence-corrected chi connectivity index (χ2v) is 10.9. The molecule has 2 aromatic heterocycles. The molecule has 6 rings (SSSR count). The van der Waals surface area contributed by atoms with Gasteiger partial charge in [-0.3, -0.25) is 9.36 Å². The molecule has 6 nitrogen and oxygen atoms in total. The Morgan fingerprint density at radius 3 is 2.50 bits per heavy atom. The average molecular weight is 499 g/mol. The van der Waals surface area contributed by atoms with E-state index in [1.54, 1.807) is 16.3 Å². The molecule has 0 radical (unpaired) electrons. The molecule has 0 aliphatic carbocycles. The van der Waals surface area contributed by atoms with Crippen LogP contribution in [0.3, 0.4) is 0 Å². The van der Waals surface area contributed by atoms with E-state index >= 15 is 0 Å². The molecule has 36 heavy (non-hydrogen) atoms. The Hall–Kier alpha value is -3.71.